The predicted octanol–water partition coefficient (Wildman–Crippen LogP) is 1.88. The molecule has 0 unspecified atom stereocenters. The van der Waals surface area contributed by atoms with Crippen molar-refractivity contribution in [3.8, 4) is 0 Å². The van der Waals surface area contributed by atoms with Crippen molar-refractivity contribution in [2.75, 3.05) is 18.9 Å². The Bertz CT molecular complexity index is 462. The molecule has 6 heteroatoms. The minimum absolute atomic E-state index is 0.0251. The molecule has 1 saturated carbocycles. The number of nitrogens with two attached hydrogens (primary N) is 1. The zero-order chi connectivity index (χ0) is 14.4. The molecule has 110 valence electrons. The average Bonchev–Trinajstić information content (AvgIpc) is 2.47. The topological polar surface area (TPSA) is 77.2 Å². The van der Waals surface area contributed by atoms with Gasteiger partial charge >= 0.3 is 0 Å². The van der Waals surface area contributed by atoms with Crippen LogP contribution in [0, 0.1) is 5.82 Å². The highest BCUT2D eigenvalue weighted by molar-refractivity contribution is 5.98. The molecule has 20 heavy (non-hydrogen) atoms. The molecule has 0 atom stereocenters. The molecule has 1 aromatic rings. The highest BCUT2D eigenvalue weighted by Gasteiger charge is 2.14. The van der Waals surface area contributed by atoms with E-state index < -0.39 is 11.7 Å². The molecular weight excluding hydrogens is 261 g/mol. The van der Waals surface area contributed by atoms with Gasteiger partial charge in [-0.15, -0.1) is 0 Å². The first kappa shape index (κ1) is 14.7. The van der Waals surface area contributed by atoms with Gasteiger partial charge in [-0.3, -0.25) is 4.79 Å². The number of nitrogen functional groups attached to an aromatic ring is 1. The van der Waals surface area contributed by atoms with Crippen molar-refractivity contribution in [2.24, 2.45) is 0 Å². The van der Waals surface area contributed by atoms with E-state index in [0.29, 0.717) is 19.3 Å². The van der Waals surface area contributed by atoms with Gasteiger partial charge in [0.25, 0.3) is 5.91 Å². The van der Waals surface area contributed by atoms with E-state index in [1.165, 1.54) is 19.3 Å². The quantitative estimate of drug-likeness (QED) is 0.808. The van der Waals surface area contributed by atoms with Crippen molar-refractivity contribution < 1.29 is 13.9 Å². The lowest BCUT2D eigenvalue weighted by Crippen LogP contribution is -2.30. The SMILES string of the molecule is Nc1ncc(F)cc1C(=O)NCCOC1CCCCC1. The molecule has 1 aliphatic rings. The molecule has 3 N–H and O–H groups in total. The smallest absolute Gasteiger partial charge is 0.255 e. The number of aromatic nitrogens is 1. The fourth-order valence-corrected chi connectivity index (χ4v) is 2.35. The molecule has 5 nitrogen and oxygen atoms in total. The molecule has 1 aromatic heterocycles. The Morgan fingerprint density at radius 2 is 2.20 bits per heavy atom. The van der Waals surface area contributed by atoms with Crippen molar-refractivity contribution in [2.45, 2.75) is 38.2 Å². The number of amides is 1. The average molecular weight is 281 g/mol. The van der Waals surface area contributed by atoms with Gasteiger partial charge in [0.05, 0.1) is 24.5 Å². The summed E-state index contributed by atoms with van der Waals surface area (Å²) in [6.45, 7) is 0.838. The Balaban J connectivity index is 1.73. The summed E-state index contributed by atoms with van der Waals surface area (Å²) in [6.07, 6.45) is 7.18. The minimum atomic E-state index is -0.581. The maximum absolute atomic E-state index is 13.0. The van der Waals surface area contributed by atoms with E-state index in [-0.39, 0.29) is 11.4 Å². The molecular formula is C14H20FN3O2. The first-order valence-corrected chi connectivity index (χ1v) is 6.97. The molecule has 0 spiro atoms. The van der Waals surface area contributed by atoms with E-state index in [0.717, 1.165) is 25.1 Å². The van der Waals surface area contributed by atoms with Crippen LogP contribution in [0.1, 0.15) is 42.5 Å². The van der Waals surface area contributed by atoms with Crippen LogP contribution in [0.5, 0.6) is 0 Å². The normalized spacial score (nSPS) is 16.1. The number of pyridine rings is 1. The van der Waals surface area contributed by atoms with E-state index in [9.17, 15) is 9.18 Å². The van der Waals surface area contributed by atoms with E-state index in [1.54, 1.807) is 0 Å². The lowest BCUT2D eigenvalue weighted by molar-refractivity contribution is 0.0299. The summed E-state index contributed by atoms with van der Waals surface area (Å²) in [7, 11) is 0. The summed E-state index contributed by atoms with van der Waals surface area (Å²) in [5.74, 6) is -0.985. The van der Waals surface area contributed by atoms with Crippen LogP contribution < -0.4 is 11.1 Å². The van der Waals surface area contributed by atoms with Crippen LogP contribution in [0.2, 0.25) is 0 Å². The van der Waals surface area contributed by atoms with Crippen LogP contribution in [0.4, 0.5) is 10.2 Å². The van der Waals surface area contributed by atoms with Gasteiger partial charge in [0.2, 0.25) is 0 Å². The Labute approximate surface area is 117 Å². The number of halogens is 1. The van der Waals surface area contributed by atoms with Crippen molar-refractivity contribution in [3.05, 3.63) is 23.6 Å². The van der Waals surface area contributed by atoms with E-state index in [1.807, 2.05) is 0 Å². The van der Waals surface area contributed by atoms with Gasteiger partial charge in [-0.05, 0) is 18.9 Å². The summed E-state index contributed by atoms with van der Waals surface area (Å²) in [6, 6.07) is 1.08. The zero-order valence-electron chi connectivity index (χ0n) is 11.4. The summed E-state index contributed by atoms with van der Waals surface area (Å²) >= 11 is 0. The van der Waals surface area contributed by atoms with Gasteiger partial charge in [-0.1, -0.05) is 19.3 Å². The number of nitrogens with one attached hydrogen (secondary N) is 1. The summed E-state index contributed by atoms with van der Waals surface area (Å²) in [4.78, 5) is 15.4. The molecule has 0 saturated heterocycles. The van der Waals surface area contributed by atoms with Gasteiger partial charge < -0.3 is 15.8 Å². The third-order valence-corrected chi connectivity index (χ3v) is 3.42. The fraction of sp³-hybridized carbons (Fsp3) is 0.571. The monoisotopic (exact) mass is 281 g/mol. The van der Waals surface area contributed by atoms with E-state index >= 15 is 0 Å². The Hall–Kier alpha value is -1.69. The second kappa shape index (κ2) is 7.19. The van der Waals surface area contributed by atoms with Crippen molar-refractivity contribution in [1.82, 2.24) is 10.3 Å². The fourth-order valence-electron chi connectivity index (χ4n) is 2.35. The predicted molar refractivity (Wildman–Crippen MR) is 73.8 cm³/mol. The summed E-state index contributed by atoms with van der Waals surface area (Å²) in [5, 5.41) is 2.66. The number of rotatable bonds is 5. The molecule has 0 radical (unpaired) electrons. The zero-order valence-corrected chi connectivity index (χ0v) is 11.4. The molecule has 1 aliphatic carbocycles. The molecule has 1 amide bonds. The van der Waals surface area contributed by atoms with Crippen molar-refractivity contribution in [1.29, 1.82) is 0 Å². The lowest BCUT2D eigenvalue weighted by Gasteiger charge is -2.22. The number of carbonyl (C=O) groups is 1. The number of anilines is 1. The van der Waals surface area contributed by atoms with Gasteiger partial charge in [0.15, 0.2) is 0 Å². The van der Waals surface area contributed by atoms with E-state index in [2.05, 4.69) is 10.3 Å². The number of ether oxygens (including phenoxy) is 1. The van der Waals surface area contributed by atoms with Crippen molar-refractivity contribution in [3.63, 3.8) is 0 Å². The third-order valence-electron chi connectivity index (χ3n) is 3.42. The van der Waals surface area contributed by atoms with Crippen LogP contribution in [-0.4, -0.2) is 30.1 Å². The van der Waals surface area contributed by atoms with Crippen LogP contribution in [0.25, 0.3) is 0 Å². The molecule has 1 heterocycles. The molecule has 0 aromatic carbocycles. The highest BCUT2D eigenvalue weighted by Crippen LogP contribution is 2.19. The Kier molecular flexibility index (Phi) is 5.29. The Morgan fingerprint density at radius 1 is 1.45 bits per heavy atom. The Morgan fingerprint density at radius 3 is 2.95 bits per heavy atom. The van der Waals surface area contributed by atoms with Gasteiger partial charge in [-0.2, -0.15) is 0 Å². The van der Waals surface area contributed by atoms with Crippen LogP contribution >= 0.6 is 0 Å². The van der Waals surface area contributed by atoms with Crippen molar-refractivity contribution >= 4 is 11.7 Å². The maximum Gasteiger partial charge on any atom is 0.255 e. The van der Waals surface area contributed by atoms with Crippen LogP contribution in [-0.2, 0) is 4.74 Å². The van der Waals surface area contributed by atoms with Crippen LogP contribution in [0.15, 0.2) is 12.3 Å². The largest absolute Gasteiger partial charge is 0.383 e. The summed E-state index contributed by atoms with van der Waals surface area (Å²) in [5.41, 5.74) is 5.60. The number of hydrogen-bond donors (Lipinski definition) is 2. The van der Waals surface area contributed by atoms with Gasteiger partial charge in [0.1, 0.15) is 11.6 Å². The minimum Gasteiger partial charge on any atom is -0.383 e. The number of hydrogen-bond acceptors (Lipinski definition) is 4. The first-order valence-electron chi connectivity index (χ1n) is 6.97. The standard InChI is InChI=1S/C14H20FN3O2/c15-10-8-12(13(16)18-9-10)14(19)17-6-7-20-11-4-2-1-3-5-11/h8-9,11H,1-7H2,(H2,16,18)(H,17,19). The van der Waals surface area contributed by atoms with E-state index in [4.69, 9.17) is 10.5 Å². The second-order valence-corrected chi connectivity index (χ2v) is 4.97. The number of nitrogens with zero attached hydrogens (tertiary/aromatic N) is 1. The molecule has 0 bridgehead atoms. The lowest BCUT2D eigenvalue weighted by atomic mass is 9.98. The molecule has 1 fully saturated rings. The number of carbonyl (C=O) groups excluding carboxylic acids is 1. The summed E-state index contributed by atoms with van der Waals surface area (Å²) < 4.78 is 18.7. The third kappa shape index (κ3) is 4.16. The van der Waals surface area contributed by atoms with Gasteiger partial charge in [0, 0.05) is 6.54 Å². The van der Waals surface area contributed by atoms with Gasteiger partial charge in [-0.25, -0.2) is 9.37 Å². The molecule has 0 aliphatic heterocycles. The first-order chi connectivity index (χ1) is 9.66. The molecule has 2 rings (SSSR count). The highest BCUT2D eigenvalue weighted by atomic mass is 19.1. The maximum atomic E-state index is 13.0. The second-order valence-electron chi connectivity index (χ2n) is 4.97. The van der Waals surface area contributed by atoms with Crippen LogP contribution in [0.3, 0.4) is 0 Å².